The highest BCUT2D eigenvalue weighted by molar-refractivity contribution is 7.99. The first-order valence-electron chi connectivity index (χ1n) is 14.3. The summed E-state index contributed by atoms with van der Waals surface area (Å²) in [6.07, 6.45) is 5.61. The Morgan fingerprint density at radius 2 is 1.67 bits per heavy atom. The normalized spacial score (nSPS) is 14.4. The van der Waals surface area contributed by atoms with E-state index < -0.39 is 0 Å². The van der Waals surface area contributed by atoms with Crippen LogP contribution in [-0.2, 0) is 11.3 Å². The molecule has 0 aliphatic carbocycles. The first-order chi connectivity index (χ1) is 20.6. The Kier molecular flexibility index (Phi) is 8.86. The van der Waals surface area contributed by atoms with Gasteiger partial charge in [-0.25, -0.2) is 9.37 Å². The summed E-state index contributed by atoms with van der Waals surface area (Å²) in [7, 11) is 0. The lowest BCUT2D eigenvalue weighted by Crippen LogP contribution is -2.48. The number of fused-ring (bicyclic) bond motifs is 3. The Labute approximate surface area is 249 Å². The monoisotopic (exact) mass is 580 g/mol. The first-order valence-corrected chi connectivity index (χ1v) is 15.3. The van der Waals surface area contributed by atoms with E-state index in [2.05, 4.69) is 43.9 Å². The van der Waals surface area contributed by atoms with E-state index in [9.17, 15) is 9.18 Å². The Balaban J connectivity index is 1.01. The van der Waals surface area contributed by atoms with Crippen molar-refractivity contribution in [2.75, 3.05) is 38.5 Å². The van der Waals surface area contributed by atoms with Crippen LogP contribution in [0.4, 0.5) is 4.39 Å². The summed E-state index contributed by atoms with van der Waals surface area (Å²) in [5, 5.41) is 10.5. The van der Waals surface area contributed by atoms with E-state index in [-0.39, 0.29) is 11.7 Å². The lowest BCUT2D eigenvalue weighted by molar-refractivity contribution is -0.132. The third-order valence-corrected chi connectivity index (χ3v) is 8.50. The first kappa shape index (κ1) is 28.1. The number of nitrogens with zero attached hydrogens (tertiary/aromatic N) is 6. The van der Waals surface area contributed by atoms with Gasteiger partial charge in [-0.05, 0) is 35.7 Å². The molecule has 1 amide bonds. The van der Waals surface area contributed by atoms with Gasteiger partial charge in [-0.15, -0.1) is 10.2 Å². The Morgan fingerprint density at radius 3 is 2.48 bits per heavy atom. The molecular formula is C33H33FN6OS. The van der Waals surface area contributed by atoms with Crippen molar-refractivity contribution in [3.05, 3.63) is 102 Å². The van der Waals surface area contributed by atoms with Gasteiger partial charge in [0.15, 0.2) is 5.65 Å². The maximum absolute atomic E-state index is 13.5. The molecule has 5 aromatic rings. The van der Waals surface area contributed by atoms with Crippen LogP contribution < -0.4 is 0 Å². The molecule has 3 heterocycles. The van der Waals surface area contributed by atoms with Crippen LogP contribution in [0.5, 0.6) is 0 Å². The molecule has 1 aliphatic heterocycles. The number of halogens is 1. The van der Waals surface area contributed by atoms with Gasteiger partial charge < -0.3 is 9.47 Å². The summed E-state index contributed by atoms with van der Waals surface area (Å²) in [5.41, 5.74) is 4.71. The zero-order chi connectivity index (χ0) is 28.7. The maximum atomic E-state index is 13.5. The molecule has 0 saturated carbocycles. The third-order valence-electron chi connectivity index (χ3n) is 7.57. The van der Waals surface area contributed by atoms with Crippen molar-refractivity contribution in [2.45, 2.75) is 24.5 Å². The number of thioether (sulfide) groups is 1. The lowest BCUT2D eigenvalue weighted by Gasteiger charge is -2.34. The minimum Gasteiger partial charge on any atom is -0.340 e. The Hall–Kier alpha value is -4.08. The lowest BCUT2D eigenvalue weighted by atomic mass is 10.2. The van der Waals surface area contributed by atoms with Crippen molar-refractivity contribution in [3.8, 4) is 0 Å². The van der Waals surface area contributed by atoms with Crippen LogP contribution in [0.25, 0.3) is 28.1 Å². The SMILES string of the molecule is O=C(CCCSc1nnc2c3ccccc3n(Cc3ccc(F)cc3)c2n1)N1CCN(C/C=C/c2ccccc2)CC1. The van der Waals surface area contributed by atoms with Gasteiger partial charge >= 0.3 is 0 Å². The van der Waals surface area contributed by atoms with Gasteiger partial charge in [-0.3, -0.25) is 9.69 Å². The molecule has 0 radical (unpaired) electrons. The van der Waals surface area contributed by atoms with E-state index in [1.165, 1.54) is 29.5 Å². The quantitative estimate of drug-likeness (QED) is 0.151. The molecule has 6 rings (SSSR count). The maximum Gasteiger partial charge on any atom is 0.222 e. The summed E-state index contributed by atoms with van der Waals surface area (Å²) in [6.45, 7) is 4.78. The van der Waals surface area contributed by atoms with Gasteiger partial charge in [0.2, 0.25) is 11.1 Å². The molecule has 1 fully saturated rings. The van der Waals surface area contributed by atoms with Crippen molar-refractivity contribution in [2.24, 2.45) is 0 Å². The number of carbonyl (C=O) groups excluding carboxylic acids is 1. The van der Waals surface area contributed by atoms with Crippen LogP contribution in [0, 0.1) is 5.82 Å². The van der Waals surface area contributed by atoms with Crippen molar-refractivity contribution >= 4 is 45.8 Å². The molecular weight excluding hydrogens is 547 g/mol. The zero-order valence-corrected chi connectivity index (χ0v) is 24.2. The molecule has 0 N–H and O–H groups in total. The second-order valence-electron chi connectivity index (χ2n) is 10.4. The van der Waals surface area contributed by atoms with Gasteiger partial charge in [0.1, 0.15) is 11.3 Å². The van der Waals surface area contributed by atoms with E-state index in [1.54, 1.807) is 12.1 Å². The van der Waals surface area contributed by atoms with E-state index in [1.807, 2.05) is 47.4 Å². The number of hydrogen-bond donors (Lipinski definition) is 0. The largest absolute Gasteiger partial charge is 0.340 e. The molecule has 0 spiro atoms. The molecule has 2 aromatic heterocycles. The fourth-order valence-electron chi connectivity index (χ4n) is 5.31. The smallest absolute Gasteiger partial charge is 0.222 e. The molecule has 214 valence electrons. The topological polar surface area (TPSA) is 67.2 Å². The van der Waals surface area contributed by atoms with Crippen LogP contribution in [0.1, 0.15) is 24.0 Å². The average molecular weight is 581 g/mol. The number of rotatable bonds is 10. The minimum absolute atomic E-state index is 0.212. The fourth-order valence-corrected chi connectivity index (χ4v) is 6.03. The number of piperazine rings is 1. The van der Waals surface area contributed by atoms with Crippen molar-refractivity contribution < 1.29 is 9.18 Å². The number of benzene rings is 3. The van der Waals surface area contributed by atoms with E-state index in [0.29, 0.717) is 18.1 Å². The molecule has 1 aliphatic rings. The van der Waals surface area contributed by atoms with Gasteiger partial charge in [-0.1, -0.05) is 84.6 Å². The number of amides is 1. The highest BCUT2D eigenvalue weighted by Crippen LogP contribution is 2.28. The number of hydrogen-bond acceptors (Lipinski definition) is 6. The average Bonchev–Trinajstić information content (AvgIpc) is 3.33. The minimum atomic E-state index is -0.253. The standard InChI is InChI=1S/C33H33FN6OS/c34-27-16-14-26(15-17-27)24-40-29-12-5-4-11-28(29)31-32(40)35-33(37-36-31)42-23-7-13-30(41)39-21-19-38(20-22-39)18-6-10-25-8-2-1-3-9-25/h1-6,8-12,14-17H,7,13,18-24H2/b10-6+. The molecule has 3 aromatic carbocycles. The predicted octanol–water partition coefficient (Wildman–Crippen LogP) is 5.90. The fraction of sp³-hybridized carbons (Fsp3) is 0.273. The molecule has 0 unspecified atom stereocenters. The second-order valence-corrected chi connectivity index (χ2v) is 11.5. The molecule has 42 heavy (non-hydrogen) atoms. The summed E-state index contributed by atoms with van der Waals surface area (Å²) < 4.78 is 15.6. The molecule has 9 heteroatoms. The number of aromatic nitrogens is 4. The number of carbonyl (C=O) groups is 1. The zero-order valence-electron chi connectivity index (χ0n) is 23.4. The molecule has 0 atom stereocenters. The summed E-state index contributed by atoms with van der Waals surface area (Å²) in [4.78, 5) is 22.1. The van der Waals surface area contributed by atoms with Gasteiger partial charge in [0.05, 0.1) is 5.52 Å². The highest BCUT2D eigenvalue weighted by atomic mass is 32.2. The second kappa shape index (κ2) is 13.3. The van der Waals surface area contributed by atoms with E-state index >= 15 is 0 Å². The van der Waals surface area contributed by atoms with Crippen molar-refractivity contribution in [3.63, 3.8) is 0 Å². The van der Waals surface area contributed by atoms with Crippen LogP contribution in [0.2, 0.25) is 0 Å². The van der Waals surface area contributed by atoms with Crippen molar-refractivity contribution in [1.29, 1.82) is 0 Å². The third kappa shape index (κ3) is 6.69. The van der Waals surface area contributed by atoms with Crippen molar-refractivity contribution in [1.82, 2.24) is 29.5 Å². The summed E-state index contributed by atoms with van der Waals surface area (Å²) in [5.74, 6) is 0.696. The highest BCUT2D eigenvalue weighted by Gasteiger charge is 2.20. The van der Waals surface area contributed by atoms with E-state index in [4.69, 9.17) is 4.98 Å². The molecule has 1 saturated heterocycles. The van der Waals surface area contributed by atoms with Crippen LogP contribution >= 0.6 is 11.8 Å². The predicted molar refractivity (Wildman–Crippen MR) is 167 cm³/mol. The number of para-hydroxylation sites is 1. The summed E-state index contributed by atoms with van der Waals surface area (Å²) in [6, 6.07) is 24.9. The van der Waals surface area contributed by atoms with Crippen LogP contribution in [0.15, 0.2) is 90.1 Å². The van der Waals surface area contributed by atoms with Crippen LogP contribution in [0.3, 0.4) is 0 Å². The van der Waals surface area contributed by atoms with Gasteiger partial charge in [-0.2, -0.15) is 0 Å². The van der Waals surface area contributed by atoms with Crippen LogP contribution in [-0.4, -0.2) is 73.9 Å². The molecule has 0 bridgehead atoms. The van der Waals surface area contributed by atoms with Gasteiger partial charge in [0, 0.05) is 56.8 Å². The molecule has 7 nitrogen and oxygen atoms in total. The van der Waals surface area contributed by atoms with Gasteiger partial charge in [0.25, 0.3) is 0 Å². The Morgan fingerprint density at radius 1 is 0.905 bits per heavy atom. The van der Waals surface area contributed by atoms with E-state index in [0.717, 1.165) is 72.5 Å². The Bertz CT molecular complexity index is 1680. The summed E-state index contributed by atoms with van der Waals surface area (Å²) >= 11 is 1.52.